The molecule has 2 rings (SSSR count). The molecule has 20 heavy (non-hydrogen) atoms. The number of ether oxygens (including phenoxy) is 1. The fourth-order valence-electron chi connectivity index (χ4n) is 2.45. The van der Waals surface area contributed by atoms with Crippen molar-refractivity contribution in [3.63, 3.8) is 0 Å². The van der Waals surface area contributed by atoms with Crippen molar-refractivity contribution in [1.82, 2.24) is 0 Å². The fourth-order valence-corrected chi connectivity index (χ4v) is 2.45. The molecule has 1 atom stereocenters. The van der Waals surface area contributed by atoms with E-state index in [-0.39, 0.29) is 5.41 Å². The topological polar surface area (TPSA) is 35.2 Å². The molecule has 0 amide bonds. The lowest BCUT2D eigenvalue weighted by atomic mass is 9.77. The Kier molecular flexibility index (Phi) is 4.80. The Morgan fingerprint density at radius 3 is 2.20 bits per heavy atom. The molecule has 0 aromatic heterocycles. The van der Waals surface area contributed by atoms with E-state index >= 15 is 0 Å². The van der Waals surface area contributed by atoms with Crippen LogP contribution in [-0.4, -0.2) is 13.2 Å². The molecule has 2 aromatic rings. The Bertz CT molecular complexity index is 521. The van der Waals surface area contributed by atoms with Crippen molar-refractivity contribution in [1.29, 1.82) is 0 Å². The van der Waals surface area contributed by atoms with E-state index in [0.29, 0.717) is 13.2 Å². The van der Waals surface area contributed by atoms with Crippen molar-refractivity contribution >= 4 is 0 Å². The highest BCUT2D eigenvalue weighted by molar-refractivity contribution is 5.32. The SMILES string of the molecule is CCOc1ccc(CC(C)(CN)c2ccccc2)cc1. The van der Waals surface area contributed by atoms with E-state index in [1.807, 2.05) is 25.1 Å². The Morgan fingerprint density at radius 2 is 1.65 bits per heavy atom. The van der Waals surface area contributed by atoms with E-state index in [1.165, 1.54) is 11.1 Å². The maximum Gasteiger partial charge on any atom is 0.119 e. The highest BCUT2D eigenvalue weighted by atomic mass is 16.5. The monoisotopic (exact) mass is 269 g/mol. The summed E-state index contributed by atoms with van der Waals surface area (Å²) in [4.78, 5) is 0. The van der Waals surface area contributed by atoms with Crippen LogP contribution in [0.5, 0.6) is 5.75 Å². The molecule has 0 spiro atoms. The van der Waals surface area contributed by atoms with Crippen LogP contribution in [0.25, 0.3) is 0 Å². The van der Waals surface area contributed by atoms with Crippen LogP contribution in [-0.2, 0) is 11.8 Å². The van der Waals surface area contributed by atoms with Gasteiger partial charge in [0.1, 0.15) is 5.75 Å². The number of nitrogens with two attached hydrogens (primary N) is 1. The molecule has 0 aliphatic carbocycles. The van der Waals surface area contributed by atoms with Crippen molar-refractivity contribution in [2.24, 2.45) is 5.73 Å². The summed E-state index contributed by atoms with van der Waals surface area (Å²) in [5.41, 5.74) is 8.58. The lowest BCUT2D eigenvalue weighted by Gasteiger charge is -2.29. The summed E-state index contributed by atoms with van der Waals surface area (Å²) in [6, 6.07) is 18.8. The van der Waals surface area contributed by atoms with Gasteiger partial charge >= 0.3 is 0 Å². The van der Waals surface area contributed by atoms with Crippen LogP contribution >= 0.6 is 0 Å². The number of rotatable bonds is 6. The molecule has 0 aliphatic heterocycles. The molecular weight excluding hydrogens is 246 g/mol. The molecule has 0 saturated heterocycles. The molecule has 0 heterocycles. The Morgan fingerprint density at radius 1 is 1.00 bits per heavy atom. The maximum atomic E-state index is 6.04. The van der Waals surface area contributed by atoms with Crippen LogP contribution in [0.3, 0.4) is 0 Å². The van der Waals surface area contributed by atoms with Crippen molar-refractivity contribution in [3.8, 4) is 5.75 Å². The van der Waals surface area contributed by atoms with Gasteiger partial charge in [0, 0.05) is 12.0 Å². The third-order valence-corrected chi connectivity index (χ3v) is 3.75. The summed E-state index contributed by atoms with van der Waals surface area (Å²) in [6.07, 6.45) is 0.930. The van der Waals surface area contributed by atoms with Gasteiger partial charge in [-0.25, -0.2) is 0 Å². The van der Waals surface area contributed by atoms with Crippen molar-refractivity contribution in [2.45, 2.75) is 25.7 Å². The molecule has 0 aliphatic rings. The van der Waals surface area contributed by atoms with Crippen LogP contribution < -0.4 is 10.5 Å². The lowest BCUT2D eigenvalue weighted by molar-refractivity contribution is 0.340. The van der Waals surface area contributed by atoms with Crippen molar-refractivity contribution in [3.05, 3.63) is 65.7 Å². The lowest BCUT2D eigenvalue weighted by Crippen LogP contribution is -2.34. The van der Waals surface area contributed by atoms with Gasteiger partial charge in [0.05, 0.1) is 6.61 Å². The minimum atomic E-state index is -0.0333. The Hall–Kier alpha value is -1.80. The van der Waals surface area contributed by atoms with Crippen LogP contribution in [0.2, 0.25) is 0 Å². The fraction of sp³-hybridized carbons (Fsp3) is 0.333. The van der Waals surface area contributed by atoms with Crippen LogP contribution in [0.15, 0.2) is 54.6 Å². The number of hydrogen-bond donors (Lipinski definition) is 1. The summed E-state index contributed by atoms with van der Waals surface area (Å²) < 4.78 is 5.48. The van der Waals surface area contributed by atoms with Gasteiger partial charge in [0.25, 0.3) is 0 Å². The Labute approximate surface area is 121 Å². The van der Waals surface area contributed by atoms with E-state index in [1.54, 1.807) is 0 Å². The average Bonchev–Trinajstić information content (AvgIpc) is 2.50. The van der Waals surface area contributed by atoms with Crippen LogP contribution in [0.1, 0.15) is 25.0 Å². The minimum Gasteiger partial charge on any atom is -0.494 e. The first-order valence-electron chi connectivity index (χ1n) is 7.15. The number of benzene rings is 2. The second kappa shape index (κ2) is 6.58. The second-order valence-electron chi connectivity index (χ2n) is 5.38. The van der Waals surface area contributed by atoms with Crippen LogP contribution in [0, 0.1) is 0 Å². The first-order chi connectivity index (χ1) is 9.68. The molecule has 2 aromatic carbocycles. The largest absolute Gasteiger partial charge is 0.494 e. The van der Waals surface area contributed by atoms with Gasteiger partial charge in [-0.2, -0.15) is 0 Å². The van der Waals surface area contributed by atoms with Crippen molar-refractivity contribution in [2.75, 3.05) is 13.2 Å². The van der Waals surface area contributed by atoms with Gasteiger partial charge in [-0.3, -0.25) is 0 Å². The van der Waals surface area contributed by atoms with Crippen LogP contribution in [0.4, 0.5) is 0 Å². The van der Waals surface area contributed by atoms with E-state index in [4.69, 9.17) is 10.5 Å². The maximum absolute atomic E-state index is 6.04. The average molecular weight is 269 g/mol. The number of hydrogen-bond acceptors (Lipinski definition) is 2. The summed E-state index contributed by atoms with van der Waals surface area (Å²) in [6.45, 7) is 5.54. The van der Waals surface area contributed by atoms with Gasteiger partial charge in [-0.05, 0) is 36.6 Å². The molecule has 1 unspecified atom stereocenters. The molecule has 0 bridgehead atoms. The Balaban J connectivity index is 2.17. The summed E-state index contributed by atoms with van der Waals surface area (Å²) in [7, 11) is 0. The molecule has 2 N–H and O–H groups in total. The van der Waals surface area contributed by atoms with Gasteiger partial charge < -0.3 is 10.5 Å². The van der Waals surface area contributed by atoms with E-state index < -0.39 is 0 Å². The zero-order valence-electron chi connectivity index (χ0n) is 12.3. The third kappa shape index (κ3) is 3.40. The summed E-state index contributed by atoms with van der Waals surface area (Å²) >= 11 is 0. The zero-order valence-corrected chi connectivity index (χ0v) is 12.3. The van der Waals surface area contributed by atoms with Crippen molar-refractivity contribution < 1.29 is 4.74 Å². The van der Waals surface area contributed by atoms with E-state index in [2.05, 4.69) is 43.3 Å². The molecule has 2 heteroatoms. The minimum absolute atomic E-state index is 0.0333. The van der Waals surface area contributed by atoms with Gasteiger partial charge in [-0.1, -0.05) is 49.4 Å². The molecule has 2 nitrogen and oxygen atoms in total. The first kappa shape index (κ1) is 14.6. The second-order valence-corrected chi connectivity index (χ2v) is 5.38. The van der Waals surface area contributed by atoms with E-state index in [9.17, 15) is 0 Å². The normalized spacial score (nSPS) is 13.8. The predicted octanol–water partition coefficient (Wildman–Crippen LogP) is 3.54. The van der Waals surface area contributed by atoms with E-state index in [0.717, 1.165) is 12.2 Å². The highest BCUT2D eigenvalue weighted by Crippen LogP contribution is 2.27. The molecule has 0 radical (unpaired) electrons. The first-order valence-corrected chi connectivity index (χ1v) is 7.15. The summed E-state index contributed by atoms with van der Waals surface area (Å²) in [5.74, 6) is 0.922. The smallest absolute Gasteiger partial charge is 0.119 e. The molecule has 0 saturated carbocycles. The molecule has 106 valence electrons. The molecule has 0 fully saturated rings. The molecular formula is C18H23NO. The third-order valence-electron chi connectivity index (χ3n) is 3.75. The van der Waals surface area contributed by atoms with Gasteiger partial charge in [0.15, 0.2) is 0 Å². The standard InChI is InChI=1S/C18H23NO/c1-3-20-17-11-9-15(10-12-17)13-18(2,14-19)16-7-5-4-6-8-16/h4-12H,3,13-14,19H2,1-2H3. The van der Waals surface area contributed by atoms with Gasteiger partial charge in [0.2, 0.25) is 0 Å². The zero-order chi connectivity index (χ0) is 14.4. The predicted molar refractivity (Wildman–Crippen MR) is 84.2 cm³/mol. The quantitative estimate of drug-likeness (QED) is 0.870. The van der Waals surface area contributed by atoms with Gasteiger partial charge in [-0.15, -0.1) is 0 Å². The highest BCUT2D eigenvalue weighted by Gasteiger charge is 2.25. The summed E-state index contributed by atoms with van der Waals surface area (Å²) in [5, 5.41) is 0.